The Balaban J connectivity index is 1.32. The second-order valence-electron chi connectivity index (χ2n) is 19.3. The van der Waals surface area contributed by atoms with Crippen LogP contribution in [0, 0.1) is 28.6 Å². The lowest BCUT2D eigenvalue weighted by atomic mass is 9.84. The van der Waals surface area contributed by atoms with E-state index in [1.807, 2.05) is 82.5 Å². The molecule has 4 atom stereocenters. The largest absolute Gasteiger partial charge is 0.508 e. The van der Waals surface area contributed by atoms with Gasteiger partial charge >= 0.3 is 5.97 Å². The van der Waals surface area contributed by atoms with Crippen LogP contribution in [0.15, 0.2) is 73.6 Å². The van der Waals surface area contributed by atoms with Gasteiger partial charge in [0.2, 0.25) is 17.7 Å². The molecule has 2 saturated heterocycles. The molecule has 4 amide bonds. The minimum Gasteiger partial charge on any atom is -0.508 e. The highest BCUT2D eigenvalue weighted by Gasteiger charge is 2.40. The van der Waals surface area contributed by atoms with Crippen LogP contribution in [-0.4, -0.2) is 110 Å². The Morgan fingerprint density at radius 3 is 2.55 bits per heavy atom. The highest BCUT2D eigenvalue weighted by atomic mass is 16.5. The predicted molar refractivity (Wildman–Crippen MR) is 245 cm³/mol. The maximum absolute atomic E-state index is 14.7. The van der Waals surface area contributed by atoms with Crippen LogP contribution in [0.3, 0.4) is 0 Å². The number of cyclic esters (lactones) is 1. The van der Waals surface area contributed by atoms with Crippen LogP contribution in [0.25, 0.3) is 33.3 Å². The number of aromatic nitrogens is 2. The molecule has 3 aliphatic heterocycles. The lowest BCUT2D eigenvalue weighted by molar-refractivity contribution is -0.155. The molecular formula is C50H60N8O7. The van der Waals surface area contributed by atoms with Crippen molar-refractivity contribution < 1.29 is 33.8 Å². The van der Waals surface area contributed by atoms with Crippen LogP contribution in [0.1, 0.15) is 71.9 Å². The normalized spacial score (nSPS) is 20.7. The standard InChI is InChI=1S/C50H60N8O7/c1-9-42(60)56-19-16-34(27-56)46(62)55(8)43(30(2)3)45(61)53-40-22-31-20-35(23-36(59)21-31)32-14-15-41-37(24-32)38(44(33-12-10-17-52-26-33)58(41)50(6,7)28-51)25-49(4,5)29-65-48(64)39-13-11-18-57(54-39)47(40)63/h9-10,12,14-15,17,20-21,23-24,26,30,34,39-40,43,54,59H,1,11,13,16,18-19,22,25,27,29H2,2-8H3,(H,53,61)/t34-,39-,40-,43?/m0/s1. The molecule has 1 unspecified atom stereocenters. The smallest absolute Gasteiger partial charge is 0.324 e. The first-order chi connectivity index (χ1) is 30.8. The van der Waals surface area contributed by atoms with E-state index in [0.29, 0.717) is 43.4 Å². The number of amides is 4. The molecular weight excluding hydrogens is 825 g/mol. The molecule has 65 heavy (non-hydrogen) atoms. The summed E-state index contributed by atoms with van der Waals surface area (Å²) in [7, 11) is 1.57. The molecule has 4 aromatic rings. The number of fused-ring (bicyclic) bond motifs is 6. The van der Waals surface area contributed by atoms with Crippen LogP contribution in [0.5, 0.6) is 5.75 Å². The third kappa shape index (κ3) is 9.64. The Morgan fingerprint density at radius 2 is 1.86 bits per heavy atom. The van der Waals surface area contributed by atoms with Gasteiger partial charge in [0, 0.05) is 61.9 Å². The number of aromatic hydroxyl groups is 1. The minimum atomic E-state index is -1.19. The number of ether oxygens (including phenoxy) is 1. The van der Waals surface area contributed by atoms with Crippen molar-refractivity contribution in [3.05, 3.63) is 84.7 Å². The Hall–Kier alpha value is -6.53. The second-order valence-corrected chi connectivity index (χ2v) is 19.3. The summed E-state index contributed by atoms with van der Waals surface area (Å²) in [6.45, 7) is 15.9. The number of hydrogen-bond donors (Lipinski definition) is 3. The van der Waals surface area contributed by atoms with E-state index < -0.39 is 52.8 Å². The van der Waals surface area contributed by atoms with Gasteiger partial charge in [-0.25, -0.2) is 5.43 Å². The third-order valence-corrected chi connectivity index (χ3v) is 12.9. The van der Waals surface area contributed by atoms with E-state index >= 15 is 0 Å². The quantitative estimate of drug-likeness (QED) is 0.151. The first-order valence-corrected chi connectivity index (χ1v) is 22.4. The maximum atomic E-state index is 14.7. The summed E-state index contributed by atoms with van der Waals surface area (Å²) in [6.07, 6.45) is 6.47. The first-order valence-electron chi connectivity index (χ1n) is 22.4. The van der Waals surface area contributed by atoms with E-state index in [4.69, 9.17) is 4.74 Å². The molecule has 3 aliphatic rings. The Kier molecular flexibility index (Phi) is 13.2. The highest BCUT2D eigenvalue weighted by Crippen LogP contribution is 2.43. The summed E-state index contributed by atoms with van der Waals surface area (Å²) >= 11 is 0. The van der Waals surface area contributed by atoms with Crippen LogP contribution < -0.4 is 10.7 Å². The van der Waals surface area contributed by atoms with Crippen LogP contribution >= 0.6 is 0 Å². The van der Waals surface area contributed by atoms with E-state index in [2.05, 4.69) is 28.4 Å². The number of likely N-dealkylation sites (N-methyl/N-ethyl adjacent to an activating group) is 1. The van der Waals surface area contributed by atoms with E-state index in [1.54, 1.807) is 36.5 Å². The van der Waals surface area contributed by atoms with E-state index in [9.17, 15) is 34.3 Å². The van der Waals surface area contributed by atoms with Gasteiger partial charge in [-0.2, -0.15) is 5.26 Å². The second kappa shape index (κ2) is 18.5. The first kappa shape index (κ1) is 46.5. The van der Waals surface area contributed by atoms with Gasteiger partial charge in [-0.1, -0.05) is 46.4 Å². The van der Waals surface area contributed by atoms with Gasteiger partial charge in [0.05, 0.1) is 29.8 Å². The number of pyridine rings is 1. The number of rotatable bonds is 8. The molecule has 0 spiro atoms. The number of phenolic OH excluding ortho intramolecular Hbond substituents is 1. The maximum Gasteiger partial charge on any atom is 0.324 e. The Morgan fingerprint density at radius 1 is 1.09 bits per heavy atom. The van der Waals surface area contributed by atoms with Gasteiger partial charge in [0.25, 0.3) is 5.91 Å². The van der Waals surface area contributed by atoms with Crippen LogP contribution in [0.4, 0.5) is 0 Å². The monoisotopic (exact) mass is 884 g/mol. The van der Waals surface area contributed by atoms with Crippen molar-refractivity contribution in [2.45, 2.75) is 97.3 Å². The molecule has 6 bridgehead atoms. The summed E-state index contributed by atoms with van der Waals surface area (Å²) in [5, 5.41) is 27.1. The van der Waals surface area contributed by atoms with Gasteiger partial charge in [-0.15, -0.1) is 0 Å². The lowest BCUT2D eigenvalue weighted by Gasteiger charge is -2.37. The molecule has 15 heteroatoms. The number of phenols is 1. The number of carbonyl (C=O) groups excluding carboxylic acids is 5. The van der Waals surface area contributed by atoms with Crippen molar-refractivity contribution in [3.8, 4) is 34.2 Å². The Bertz CT molecular complexity index is 2560. The molecule has 3 N–H and O–H groups in total. The number of carbonyl (C=O) groups is 5. The van der Waals surface area contributed by atoms with E-state index in [1.165, 1.54) is 16.0 Å². The number of esters is 1. The third-order valence-electron chi connectivity index (χ3n) is 12.9. The van der Waals surface area contributed by atoms with Crippen LogP contribution in [0.2, 0.25) is 0 Å². The summed E-state index contributed by atoms with van der Waals surface area (Å²) in [6, 6.07) is 14.4. The number of benzene rings is 2. The van der Waals surface area contributed by atoms with Gasteiger partial charge in [0.1, 0.15) is 29.4 Å². The molecule has 2 aromatic heterocycles. The van der Waals surface area contributed by atoms with Gasteiger partial charge < -0.3 is 29.5 Å². The van der Waals surface area contributed by atoms with Crippen molar-refractivity contribution in [3.63, 3.8) is 0 Å². The molecule has 0 saturated carbocycles. The topological polar surface area (TPSA) is 190 Å². The zero-order valence-corrected chi connectivity index (χ0v) is 38.4. The fourth-order valence-corrected chi connectivity index (χ4v) is 9.64. The van der Waals surface area contributed by atoms with Crippen molar-refractivity contribution in [1.29, 1.82) is 5.26 Å². The molecule has 2 fully saturated rings. The summed E-state index contributed by atoms with van der Waals surface area (Å²) in [5.41, 5.74) is 6.88. The molecule has 2 aromatic carbocycles. The predicted octanol–water partition coefficient (Wildman–Crippen LogP) is 5.50. The number of hydrazine groups is 1. The van der Waals surface area contributed by atoms with Gasteiger partial charge in [-0.05, 0) is 110 Å². The Labute approximate surface area is 380 Å². The number of hydrogen-bond acceptors (Lipinski definition) is 10. The van der Waals surface area contributed by atoms with Crippen LogP contribution in [-0.2, 0) is 47.1 Å². The zero-order chi connectivity index (χ0) is 47.0. The van der Waals surface area contributed by atoms with Crippen molar-refractivity contribution in [2.24, 2.45) is 17.3 Å². The van der Waals surface area contributed by atoms with Crippen molar-refractivity contribution >= 4 is 40.5 Å². The van der Waals surface area contributed by atoms with E-state index in [0.717, 1.165) is 33.3 Å². The van der Waals surface area contributed by atoms with Crippen molar-refractivity contribution in [2.75, 3.05) is 33.3 Å². The summed E-state index contributed by atoms with van der Waals surface area (Å²) in [5.74, 6) is -3.01. The van der Waals surface area contributed by atoms with Gasteiger partial charge in [0.15, 0.2) is 0 Å². The number of nitrogens with one attached hydrogen (secondary N) is 2. The number of nitrogens with zero attached hydrogens (tertiary/aromatic N) is 6. The average molecular weight is 885 g/mol. The fraction of sp³-hybridized carbons (Fsp3) is 0.460. The van der Waals surface area contributed by atoms with Crippen molar-refractivity contribution in [1.82, 2.24) is 35.1 Å². The van der Waals surface area contributed by atoms with Gasteiger partial charge in [-0.3, -0.25) is 34.0 Å². The minimum absolute atomic E-state index is 0.0391. The SMILES string of the molecule is C=CC(=O)N1CC[C@H](C(=O)N(C)C(C(=O)N[C@H]2Cc3cc(O)cc(c3)-c3ccc4c(c3)c(c(-c3cccnc3)n4C(C)(C)C#N)CC(C)(C)COC(=O)[C@@H]3CCCN(N3)C2=O)C(C)C)C1. The highest BCUT2D eigenvalue weighted by molar-refractivity contribution is 5.96. The summed E-state index contributed by atoms with van der Waals surface area (Å²) < 4.78 is 8.10. The average Bonchev–Trinajstić information content (AvgIpc) is 3.90. The molecule has 7 rings (SSSR count). The molecule has 0 radical (unpaired) electrons. The lowest BCUT2D eigenvalue weighted by Crippen LogP contribution is -2.62. The number of likely N-dealkylation sites (tertiary alicyclic amines) is 1. The molecule has 15 nitrogen and oxygen atoms in total. The zero-order valence-electron chi connectivity index (χ0n) is 38.4. The van der Waals surface area contributed by atoms with E-state index in [-0.39, 0.29) is 49.6 Å². The molecule has 0 aliphatic carbocycles. The summed E-state index contributed by atoms with van der Waals surface area (Å²) in [4.78, 5) is 76.7. The fourth-order valence-electron chi connectivity index (χ4n) is 9.64. The molecule has 5 heterocycles. The number of nitriles is 1. The molecule has 342 valence electrons.